The summed E-state index contributed by atoms with van der Waals surface area (Å²) in [6.45, 7) is 8.37. The summed E-state index contributed by atoms with van der Waals surface area (Å²) < 4.78 is 11.3. The number of ether oxygens (including phenoxy) is 2. The number of nitrogens with zero attached hydrogens (tertiary/aromatic N) is 5. The molecule has 3 aromatic rings. The fourth-order valence-electron chi connectivity index (χ4n) is 3.98. The fraction of sp³-hybridized carbons (Fsp3) is 0.455. The number of nitrogens with one attached hydrogen (secondary N) is 3. The minimum atomic E-state index is -0.337. The van der Waals surface area contributed by atoms with Crippen LogP contribution in [0, 0.1) is 0 Å². The molecule has 0 radical (unpaired) electrons. The Morgan fingerprint density at radius 2 is 1.85 bits per heavy atom. The molecule has 0 saturated carbocycles. The van der Waals surface area contributed by atoms with Crippen LogP contribution in [0.25, 0.3) is 10.9 Å². The highest BCUT2D eigenvalue weighted by Gasteiger charge is 2.18. The first kappa shape index (κ1) is 21.6. The van der Waals surface area contributed by atoms with Gasteiger partial charge in [0.25, 0.3) is 5.56 Å². The Labute approximate surface area is 191 Å². The van der Waals surface area contributed by atoms with Gasteiger partial charge in [0.15, 0.2) is 0 Å². The van der Waals surface area contributed by atoms with Crippen molar-refractivity contribution in [3.63, 3.8) is 0 Å². The second kappa shape index (κ2) is 10.1. The van der Waals surface area contributed by atoms with Gasteiger partial charge in [0, 0.05) is 51.5 Å². The molecular weight excluding hydrogens is 424 g/mol. The molecule has 0 atom stereocenters. The largest absolute Gasteiger partial charge is 0.492 e. The molecule has 5 rings (SSSR count). The van der Waals surface area contributed by atoms with E-state index in [1.807, 2.05) is 29.2 Å². The molecular formula is C22H28N8O3. The van der Waals surface area contributed by atoms with Crippen LogP contribution < -0.4 is 25.8 Å². The molecule has 11 heteroatoms. The lowest BCUT2D eigenvalue weighted by Crippen LogP contribution is -2.44. The third-order valence-corrected chi connectivity index (χ3v) is 5.80. The van der Waals surface area contributed by atoms with Gasteiger partial charge in [-0.25, -0.2) is 10.1 Å². The van der Waals surface area contributed by atoms with E-state index in [1.54, 1.807) is 6.20 Å². The Kier molecular flexibility index (Phi) is 6.61. The maximum Gasteiger partial charge on any atom is 0.277 e. The van der Waals surface area contributed by atoms with E-state index in [1.165, 1.54) is 0 Å². The lowest BCUT2D eigenvalue weighted by molar-refractivity contribution is 0.122. The van der Waals surface area contributed by atoms with Crippen LogP contribution in [0.1, 0.15) is 0 Å². The minimum absolute atomic E-state index is 0.337. The van der Waals surface area contributed by atoms with Crippen LogP contribution in [0.4, 0.5) is 17.5 Å². The van der Waals surface area contributed by atoms with Crippen molar-refractivity contribution in [1.29, 1.82) is 0 Å². The average Bonchev–Trinajstić information content (AvgIpc) is 2.86. The van der Waals surface area contributed by atoms with Gasteiger partial charge in [-0.15, -0.1) is 0 Å². The number of rotatable bonds is 7. The highest BCUT2D eigenvalue weighted by Crippen LogP contribution is 2.25. The van der Waals surface area contributed by atoms with E-state index in [2.05, 4.69) is 35.7 Å². The van der Waals surface area contributed by atoms with Gasteiger partial charge in [-0.05, 0) is 24.3 Å². The van der Waals surface area contributed by atoms with Crippen molar-refractivity contribution >= 4 is 28.4 Å². The van der Waals surface area contributed by atoms with Gasteiger partial charge in [-0.2, -0.15) is 10.1 Å². The zero-order chi connectivity index (χ0) is 22.5. The van der Waals surface area contributed by atoms with Gasteiger partial charge in [0.2, 0.25) is 5.95 Å². The summed E-state index contributed by atoms with van der Waals surface area (Å²) in [7, 11) is 0. The van der Waals surface area contributed by atoms with Crippen molar-refractivity contribution in [3.05, 3.63) is 40.8 Å². The number of piperazine rings is 1. The van der Waals surface area contributed by atoms with Crippen LogP contribution in [-0.2, 0) is 4.74 Å². The van der Waals surface area contributed by atoms with Crippen molar-refractivity contribution < 1.29 is 9.47 Å². The molecule has 33 heavy (non-hydrogen) atoms. The number of hydrogen-bond acceptors (Lipinski definition) is 10. The minimum Gasteiger partial charge on any atom is -0.492 e. The highest BCUT2D eigenvalue weighted by molar-refractivity contribution is 5.90. The predicted molar refractivity (Wildman–Crippen MR) is 126 cm³/mol. The Bertz CT molecular complexity index is 1120. The third kappa shape index (κ3) is 5.21. The van der Waals surface area contributed by atoms with Gasteiger partial charge in [-0.1, -0.05) is 0 Å². The van der Waals surface area contributed by atoms with Gasteiger partial charge in [-0.3, -0.25) is 9.69 Å². The number of aromatic amines is 1. The third-order valence-electron chi connectivity index (χ3n) is 5.80. The first-order valence-corrected chi connectivity index (χ1v) is 11.3. The van der Waals surface area contributed by atoms with Crippen LogP contribution in [0.15, 0.2) is 35.3 Å². The molecule has 0 bridgehead atoms. The summed E-state index contributed by atoms with van der Waals surface area (Å²) in [6, 6.07) is 7.66. The highest BCUT2D eigenvalue weighted by atomic mass is 16.5. The molecule has 0 amide bonds. The zero-order valence-corrected chi connectivity index (χ0v) is 18.4. The van der Waals surface area contributed by atoms with E-state index >= 15 is 0 Å². The maximum atomic E-state index is 12.5. The van der Waals surface area contributed by atoms with E-state index in [4.69, 9.17) is 9.47 Å². The summed E-state index contributed by atoms with van der Waals surface area (Å²) in [6.07, 6.45) is 1.54. The van der Waals surface area contributed by atoms with Crippen molar-refractivity contribution in [2.45, 2.75) is 0 Å². The van der Waals surface area contributed by atoms with E-state index in [-0.39, 0.29) is 5.56 Å². The van der Waals surface area contributed by atoms with E-state index < -0.39 is 0 Å². The molecule has 0 unspecified atom stereocenters. The zero-order valence-electron chi connectivity index (χ0n) is 18.4. The topological polar surface area (TPSA) is 121 Å². The van der Waals surface area contributed by atoms with Crippen LogP contribution in [0.5, 0.6) is 5.75 Å². The molecule has 0 aliphatic carbocycles. The average molecular weight is 453 g/mol. The summed E-state index contributed by atoms with van der Waals surface area (Å²) >= 11 is 0. The second-order valence-corrected chi connectivity index (χ2v) is 8.02. The van der Waals surface area contributed by atoms with Gasteiger partial charge in [0.1, 0.15) is 29.1 Å². The van der Waals surface area contributed by atoms with E-state index in [0.29, 0.717) is 55.6 Å². The molecule has 0 spiro atoms. The van der Waals surface area contributed by atoms with Gasteiger partial charge in [0.05, 0.1) is 19.4 Å². The van der Waals surface area contributed by atoms with Crippen LogP contribution in [0.3, 0.4) is 0 Å². The Balaban J connectivity index is 1.31. The molecule has 174 valence electrons. The van der Waals surface area contributed by atoms with E-state index in [0.717, 1.165) is 44.2 Å². The van der Waals surface area contributed by atoms with E-state index in [9.17, 15) is 4.79 Å². The molecule has 2 saturated heterocycles. The molecule has 11 nitrogen and oxygen atoms in total. The lowest BCUT2D eigenvalue weighted by atomic mass is 10.2. The normalized spacial score (nSPS) is 17.3. The first-order chi connectivity index (χ1) is 16.3. The smallest absolute Gasteiger partial charge is 0.277 e. The second-order valence-electron chi connectivity index (χ2n) is 8.02. The number of H-pyrrole nitrogens is 1. The van der Waals surface area contributed by atoms with Crippen LogP contribution >= 0.6 is 0 Å². The number of benzene rings is 1. The molecule has 2 aromatic heterocycles. The standard InChI is InChI=1S/C22H28N8O3/c31-21-19-18(15-24-28-21)26-22(30-10-12-32-13-11-30)27-20(19)25-16-1-3-17(4-2-16)33-14-9-29-7-5-23-6-8-29/h1-4,15,23H,5-14H2,(H,28,31)(H,25,26,27). The maximum absolute atomic E-state index is 12.5. The molecule has 4 heterocycles. The SMILES string of the molecule is O=c1[nH]ncc2nc(N3CCOCC3)nc(Nc3ccc(OCCN4CCNCC4)cc3)c12. The van der Waals surface area contributed by atoms with Crippen molar-refractivity contribution in [3.8, 4) is 5.75 Å². The van der Waals surface area contributed by atoms with Crippen LogP contribution in [0.2, 0.25) is 0 Å². The Morgan fingerprint density at radius 1 is 1.06 bits per heavy atom. The lowest BCUT2D eigenvalue weighted by Gasteiger charge is -2.27. The molecule has 2 fully saturated rings. The van der Waals surface area contributed by atoms with Crippen molar-refractivity contribution in [2.75, 3.05) is 75.9 Å². The number of anilines is 3. The summed E-state index contributed by atoms with van der Waals surface area (Å²) in [5.41, 5.74) is 0.954. The first-order valence-electron chi connectivity index (χ1n) is 11.3. The Hall–Kier alpha value is -3.28. The molecule has 1 aromatic carbocycles. The van der Waals surface area contributed by atoms with Crippen LogP contribution in [-0.4, -0.2) is 90.7 Å². The quantitative estimate of drug-likeness (QED) is 0.469. The van der Waals surface area contributed by atoms with Gasteiger partial charge < -0.3 is 25.0 Å². The summed E-state index contributed by atoms with van der Waals surface area (Å²) in [5, 5.41) is 13.4. The number of fused-ring (bicyclic) bond motifs is 1. The fourth-order valence-corrected chi connectivity index (χ4v) is 3.98. The molecule has 2 aliphatic rings. The summed E-state index contributed by atoms with van der Waals surface area (Å²) in [5.74, 6) is 1.80. The predicted octanol–water partition coefficient (Wildman–Crippen LogP) is 0.577. The van der Waals surface area contributed by atoms with Gasteiger partial charge >= 0.3 is 0 Å². The monoisotopic (exact) mass is 452 g/mol. The van der Waals surface area contributed by atoms with Crippen molar-refractivity contribution in [1.82, 2.24) is 30.4 Å². The Morgan fingerprint density at radius 3 is 2.64 bits per heavy atom. The molecule has 2 aliphatic heterocycles. The number of hydrogen-bond donors (Lipinski definition) is 3. The molecule has 3 N–H and O–H groups in total. The summed E-state index contributed by atoms with van der Waals surface area (Å²) in [4.78, 5) is 26.1. The number of morpholine rings is 1. The number of aromatic nitrogens is 4. The van der Waals surface area contributed by atoms with Crippen molar-refractivity contribution in [2.24, 2.45) is 0 Å².